The number of nitro benzene ring substituents is 1. The molecule has 1 amide bonds. The van der Waals surface area contributed by atoms with Gasteiger partial charge in [0.2, 0.25) is 5.91 Å². The molecule has 0 radical (unpaired) electrons. The summed E-state index contributed by atoms with van der Waals surface area (Å²) in [4.78, 5) is 21.7. The van der Waals surface area contributed by atoms with Gasteiger partial charge in [0.15, 0.2) is 0 Å². The maximum atomic E-state index is 11.1. The summed E-state index contributed by atoms with van der Waals surface area (Å²) >= 11 is 0. The minimum Gasteiger partial charge on any atom is -0.491 e. The van der Waals surface area contributed by atoms with E-state index in [0.29, 0.717) is 16.5 Å². The van der Waals surface area contributed by atoms with E-state index < -0.39 is 16.9 Å². The highest BCUT2D eigenvalue weighted by Crippen LogP contribution is 2.32. The number of rotatable bonds is 6. The van der Waals surface area contributed by atoms with Crippen molar-refractivity contribution in [3.8, 4) is 5.75 Å². The summed E-state index contributed by atoms with van der Waals surface area (Å²) in [5, 5.41) is 14.9. The fraction of sp³-hybridized carbons (Fsp3) is 0.214. The molecule has 110 valence electrons. The number of primary amides is 1. The van der Waals surface area contributed by atoms with Crippen LogP contribution >= 0.6 is 0 Å². The SMILES string of the molecule is CNC(COc1ccc([N+](=O)[O-])c2ccccc12)C(N)=O. The number of non-ortho nitro benzene ring substituents is 1. The topological polar surface area (TPSA) is 107 Å². The van der Waals surface area contributed by atoms with Gasteiger partial charge in [-0.05, 0) is 19.2 Å². The van der Waals surface area contributed by atoms with E-state index in [1.807, 2.05) is 0 Å². The number of amides is 1. The Balaban J connectivity index is 2.35. The average Bonchev–Trinajstić information content (AvgIpc) is 2.47. The van der Waals surface area contributed by atoms with Crippen LogP contribution in [-0.2, 0) is 4.79 Å². The maximum absolute atomic E-state index is 11.1. The van der Waals surface area contributed by atoms with Crippen molar-refractivity contribution in [3.05, 3.63) is 46.5 Å². The number of hydrogen-bond acceptors (Lipinski definition) is 5. The fourth-order valence-corrected chi connectivity index (χ4v) is 2.02. The van der Waals surface area contributed by atoms with Gasteiger partial charge in [0.05, 0.1) is 10.3 Å². The number of nitrogens with two attached hydrogens (primary N) is 1. The van der Waals surface area contributed by atoms with Crippen molar-refractivity contribution < 1.29 is 14.5 Å². The lowest BCUT2D eigenvalue weighted by atomic mass is 10.1. The van der Waals surface area contributed by atoms with Gasteiger partial charge in [0, 0.05) is 11.5 Å². The Kier molecular flexibility index (Phi) is 4.34. The second kappa shape index (κ2) is 6.19. The summed E-state index contributed by atoms with van der Waals surface area (Å²) < 4.78 is 5.58. The van der Waals surface area contributed by atoms with Gasteiger partial charge in [-0.3, -0.25) is 14.9 Å². The summed E-state index contributed by atoms with van der Waals surface area (Å²) in [5.41, 5.74) is 5.23. The lowest BCUT2D eigenvalue weighted by Crippen LogP contribution is -2.43. The van der Waals surface area contributed by atoms with Crippen LogP contribution in [0.4, 0.5) is 5.69 Å². The molecule has 0 aromatic heterocycles. The zero-order valence-electron chi connectivity index (χ0n) is 11.4. The van der Waals surface area contributed by atoms with Crippen molar-refractivity contribution in [1.82, 2.24) is 5.32 Å². The summed E-state index contributed by atoms with van der Waals surface area (Å²) in [7, 11) is 1.60. The molecule has 1 atom stereocenters. The van der Waals surface area contributed by atoms with Crippen LogP contribution < -0.4 is 15.8 Å². The zero-order chi connectivity index (χ0) is 15.4. The fourth-order valence-electron chi connectivity index (χ4n) is 2.02. The Morgan fingerprint density at radius 3 is 2.57 bits per heavy atom. The van der Waals surface area contributed by atoms with Crippen LogP contribution in [0.1, 0.15) is 0 Å². The summed E-state index contributed by atoms with van der Waals surface area (Å²) in [5.74, 6) is -0.0542. The van der Waals surface area contributed by atoms with E-state index in [9.17, 15) is 14.9 Å². The second-order valence-electron chi connectivity index (χ2n) is 4.44. The molecule has 21 heavy (non-hydrogen) atoms. The van der Waals surface area contributed by atoms with E-state index in [1.54, 1.807) is 31.3 Å². The number of nitro groups is 1. The molecular weight excluding hydrogens is 274 g/mol. The highest BCUT2D eigenvalue weighted by Gasteiger charge is 2.17. The van der Waals surface area contributed by atoms with Crippen molar-refractivity contribution >= 4 is 22.4 Å². The van der Waals surface area contributed by atoms with E-state index in [4.69, 9.17) is 10.5 Å². The molecule has 2 rings (SSSR count). The number of ether oxygens (including phenoxy) is 1. The van der Waals surface area contributed by atoms with Crippen LogP contribution in [0.2, 0.25) is 0 Å². The van der Waals surface area contributed by atoms with E-state index in [1.165, 1.54) is 12.1 Å². The van der Waals surface area contributed by atoms with Crippen LogP contribution in [0.15, 0.2) is 36.4 Å². The third-order valence-electron chi connectivity index (χ3n) is 3.16. The average molecular weight is 289 g/mol. The standard InChI is InChI=1S/C14H15N3O4/c1-16-11(14(15)18)8-21-13-7-6-12(17(19)20)9-4-2-3-5-10(9)13/h2-7,11,16H,8H2,1H3,(H2,15,18). The number of nitrogens with zero attached hydrogens (tertiary/aromatic N) is 1. The third kappa shape index (κ3) is 3.09. The number of carbonyl (C=O) groups excluding carboxylic acids is 1. The number of fused-ring (bicyclic) bond motifs is 1. The van der Waals surface area contributed by atoms with E-state index >= 15 is 0 Å². The van der Waals surface area contributed by atoms with Gasteiger partial charge in [-0.1, -0.05) is 18.2 Å². The van der Waals surface area contributed by atoms with Gasteiger partial charge in [-0.25, -0.2) is 0 Å². The molecule has 0 saturated heterocycles. The van der Waals surface area contributed by atoms with Gasteiger partial charge in [-0.2, -0.15) is 0 Å². The quantitative estimate of drug-likeness (QED) is 0.613. The van der Waals surface area contributed by atoms with Crippen LogP contribution in [0.3, 0.4) is 0 Å². The minimum absolute atomic E-state index is 0.0121. The van der Waals surface area contributed by atoms with Crippen LogP contribution in [0.25, 0.3) is 10.8 Å². The van der Waals surface area contributed by atoms with Gasteiger partial charge < -0.3 is 15.8 Å². The van der Waals surface area contributed by atoms with Crippen molar-refractivity contribution in [1.29, 1.82) is 0 Å². The number of carbonyl (C=O) groups is 1. The van der Waals surface area contributed by atoms with Crippen LogP contribution in [0, 0.1) is 10.1 Å². The molecule has 0 heterocycles. The summed E-state index contributed by atoms with van der Waals surface area (Å²) in [6.45, 7) is 0.0492. The first kappa shape index (κ1) is 14.7. The lowest BCUT2D eigenvalue weighted by Gasteiger charge is -2.15. The van der Waals surface area contributed by atoms with Crippen LogP contribution in [-0.4, -0.2) is 30.5 Å². The predicted molar refractivity (Wildman–Crippen MR) is 78.1 cm³/mol. The Morgan fingerprint density at radius 2 is 2.00 bits per heavy atom. The Hall–Kier alpha value is -2.67. The molecule has 0 aliphatic carbocycles. The Bertz CT molecular complexity index is 687. The molecule has 2 aromatic rings. The number of benzene rings is 2. The van der Waals surface area contributed by atoms with Gasteiger partial charge >= 0.3 is 0 Å². The smallest absolute Gasteiger partial charge is 0.277 e. The van der Waals surface area contributed by atoms with Gasteiger partial charge in [-0.15, -0.1) is 0 Å². The summed E-state index contributed by atoms with van der Waals surface area (Å²) in [6, 6.07) is 9.16. The molecular formula is C14H15N3O4. The molecule has 0 aliphatic heterocycles. The maximum Gasteiger partial charge on any atom is 0.277 e. The zero-order valence-corrected chi connectivity index (χ0v) is 11.4. The Morgan fingerprint density at radius 1 is 1.33 bits per heavy atom. The first-order valence-electron chi connectivity index (χ1n) is 6.30. The number of likely N-dealkylation sites (N-methyl/N-ethyl adjacent to an activating group) is 1. The number of hydrogen-bond donors (Lipinski definition) is 2. The molecule has 7 heteroatoms. The Labute approximate surface area is 120 Å². The minimum atomic E-state index is -0.626. The largest absolute Gasteiger partial charge is 0.491 e. The van der Waals surface area contributed by atoms with Gasteiger partial charge in [0.1, 0.15) is 18.4 Å². The van der Waals surface area contributed by atoms with Crippen molar-refractivity contribution in [2.45, 2.75) is 6.04 Å². The highest BCUT2D eigenvalue weighted by molar-refractivity contribution is 5.95. The monoisotopic (exact) mass is 289 g/mol. The number of nitrogens with one attached hydrogen (secondary N) is 1. The molecule has 1 unspecified atom stereocenters. The third-order valence-corrected chi connectivity index (χ3v) is 3.16. The van der Waals surface area contributed by atoms with E-state index in [2.05, 4.69) is 5.32 Å². The summed E-state index contributed by atoms with van der Waals surface area (Å²) in [6.07, 6.45) is 0. The van der Waals surface area contributed by atoms with E-state index in [-0.39, 0.29) is 12.3 Å². The van der Waals surface area contributed by atoms with Crippen molar-refractivity contribution in [3.63, 3.8) is 0 Å². The molecule has 3 N–H and O–H groups in total. The molecule has 0 bridgehead atoms. The first-order chi connectivity index (χ1) is 10.0. The molecule has 0 aliphatic rings. The lowest BCUT2D eigenvalue weighted by molar-refractivity contribution is -0.383. The normalized spacial score (nSPS) is 12.0. The van der Waals surface area contributed by atoms with Crippen LogP contribution in [0.5, 0.6) is 5.75 Å². The highest BCUT2D eigenvalue weighted by atomic mass is 16.6. The predicted octanol–water partition coefficient (Wildman–Crippen LogP) is 1.20. The molecule has 2 aromatic carbocycles. The van der Waals surface area contributed by atoms with Crippen molar-refractivity contribution in [2.24, 2.45) is 5.73 Å². The molecule has 0 fully saturated rings. The molecule has 7 nitrogen and oxygen atoms in total. The van der Waals surface area contributed by atoms with E-state index in [0.717, 1.165) is 0 Å². The van der Waals surface area contributed by atoms with Crippen molar-refractivity contribution in [2.75, 3.05) is 13.7 Å². The molecule has 0 spiro atoms. The van der Waals surface area contributed by atoms with Gasteiger partial charge in [0.25, 0.3) is 5.69 Å². The first-order valence-corrected chi connectivity index (χ1v) is 6.30. The second-order valence-corrected chi connectivity index (χ2v) is 4.44. The molecule has 0 saturated carbocycles.